The molecule has 0 radical (unpaired) electrons. The molecule has 0 saturated carbocycles. The number of esters is 2. The van der Waals surface area contributed by atoms with Gasteiger partial charge in [-0.15, -0.1) is 0 Å². The molecule has 0 aliphatic carbocycles. The Morgan fingerprint density at radius 1 is 0.710 bits per heavy atom. The lowest BCUT2D eigenvalue weighted by molar-refractivity contribution is -0.139. The summed E-state index contributed by atoms with van der Waals surface area (Å²) in [6, 6.07) is 0.538. The molecule has 182 valence electrons. The first-order chi connectivity index (χ1) is 15.0. The van der Waals surface area contributed by atoms with Gasteiger partial charge in [0.1, 0.15) is 13.2 Å². The van der Waals surface area contributed by atoms with Crippen LogP contribution in [0.5, 0.6) is 0 Å². The Kier molecular flexibility index (Phi) is 25.0. The Labute approximate surface area is 191 Å². The van der Waals surface area contributed by atoms with Crippen molar-refractivity contribution in [2.75, 3.05) is 26.3 Å². The SMILES string of the molecule is C=CC(=O)OCC(CC)NCCCC.C=CC(=O)OCC(CC)NCCCCCCC. The molecular weight excluding hydrogens is 392 g/mol. The van der Waals surface area contributed by atoms with Crippen molar-refractivity contribution in [3.05, 3.63) is 25.3 Å². The van der Waals surface area contributed by atoms with E-state index in [1.54, 1.807) is 0 Å². The van der Waals surface area contributed by atoms with Gasteiger partial charge in [-0.25, -0.2) is 9.59 Å². The fraction of sp³-hybridized carbons (Fsp3) is 0.760. The molecule has 0 amide bonds. The minimum Gasteiger partial charge on any atom is -0.461 e. The second-order valence-corrected chi connectivity index (χ2v) is 7.55. The molecule has 0 bridgehead atoms. The normalized spacial score (nSPS) is 12.1. The second kappa shape index (κ2) is 24.6. The molecule has 0 aromatic carbocycles. The van der Waals surface area contributed by atoms with E-state index in [4.69, 9.17) is 9.47 Å². The van der Waals surface area contributed by atoms with Crippen LogP contribution in [0.15, 0.2) is 25.3 Å². The first-order valence-corrected chi connectivity index (χ1v) is 12.0. The lowest BCUT2D eigenvalue weighted by Gasteiger charge is -2.16. The predicted octanol–water partition coefficient (Wildman–Crippen LogP) is 4.94. The Hall–Kier alpha value is -1.66. The molecular formula is C25H48N2O4. The summed E-state index contributed by atoms with van der Waals surface area (Å²) in [5.74, 6) is -0.686. The molecule has 31 heavy (non-hydrogen) atoms. The third-order valence-electron chi connectivity index (χ3n) is 4.85. The van der Waals surface area contributed by atoms with Gasteiger partial charge in [0, 0.05) is 24.2 Å². The average Bonchev–Trinajstić information content (AvgIpc) is 2.80. The molecule has 0 fully saturated rings. The molecule has 0 spiro atoms. The van der Waals surface area contributed by atoms with Gasteiger partial charge in [-0.1, -0.05) is 73.0 Å². The van der Waals surface area contributed by atoms with Crippen molar-refractivity contribution in [2.24, 2.45) is 0 Å². The average molecular weight is 441 g/mol. The summed E-state index contributed by atoms with van der Waals surface area (Å²) in [4.78, 5) is 21.7. The Morgan fingerprint density at radius 2 is 1.13 bits per heavy atom. The van der Waals surface area contributed by atoms with Crippen LogP contribution in [0.4, 0.5) is 0 Å². The van der Waals surface area contributed by atoms with Crippen LogP contribution in [0.2, 0.25) is 0 Å². The van der Waals surface area contributed by atoms with E-state index in [0.717, 1.165) is 32.4 Å². The van der Waals surface area contributed by atoms with Gasteiger partial charge in [0.15, 0.2) is 0 Å². The lowest BCUT2D eigenvalue weighted by atomic mass is 10.1. The fourth-order valence-corrected chi connectivity index (χ4v) is 2.64. The van der Waals surface area contributed by atoms with Crippen LogP contribution in [0.1, 0.15) is 85.5 Å². The van der Waals surface area contributed by atoms with Gasteiger partial charge in [-0.2, -0.15) is 0 Å². The Balaban J connectivity index is 0. The van der Waals surface area contributed by atoms with Gasteiger partial charge in [-0.05, 0) is 38.8 Å². The van der Waals surface area contributed by atoms with Gasteiger partial charge >= 0.3 is 11.9 Å². The van der Waals surface area contributed by atoms with Crippen LogP contribution < -0.4 is 10.6 Å². The number of unbranched alkanes of at least 4 members (excludes halogenated alkanes) is 5. The van der Waals surface area contributed by atoms with Crippen molar-refractivity contribution in [1.82, 2.24) is 10.6 Å². The highest BCUT2D eigenvalue weighted by Crippen LogP contribution is 2.02. The van der Waals surface area contributed by atoms with E-state index in [2.05, 4.69) is 51.5 Å². The molecule has 2 N–H and O–H groups in total. The molecule has 0 heterocycles. The number of carbonyl (C=O) groups excluding carboxylic acids is 2. The highest BCUT2D eigenvalue weighted by Gasteiger charge is 2.08. The molecule has 6 nitrogen and oxygen atoms in total. The summed E-state index contributed by atoms with van der Waals surface area (Å²) in [6.07, 6.45) is 13.1. The fourth-order valence-electron chi connectivity index (χ4n) is 2.64. The van der Waals surface area contributed by atoms with E-state index >= 15 is 0 Å². The maximum atomic E-state index is 10.9. The largest absolute Gasteiger partial charge is 0.461 e. The number of hydrogen-bond acceptors (Lipinski definition) is 6. The van der Waals surface area contributed by atoms with E-state index < -0.39 is 0 Å². The van der Waals surface area contributed by atoms with E-state index in [-0.39, 0.29) is 24.0 Å². The Bertz CT molecular complexity index is 455. The van der Waals surface area contributed by atoms with Crippen molar-refractivity contribution >= 4 is 11.9 Å². The van der Waals surface area contributed by atoms with Crippen molar-refractivity contribution < 1.29 is 19.1 Å². The van der Waals surface area contributed by atoms with Crippen LogP contribution in [-0.2, 0) is 19.1 Å². The smallest absolute Gasteiger partial charge is 0.330 e. The molecule has 0 aromatic heterocycles. The quantitative estimate of drug-likeness (QED) is 0.168. The predicted molar refractivity (Wildman–Crippen MR) is 130 cm³/mol. The van der Waals surface area contributed by atoms with E-state index in [0.29, 0.717) is 13.2 Å². The number of nitrogens with one attached hydrogen (secondary N) is 2. The molecule has 0 aliphatic heterocycles. The highest BCUT2D eigenvalue weighted by atomic mass is 16.5. The van der Waals surface area contributed by atoms with Crippen molar-refractivity contribution in [3.8, 4) is 0 Å². The van der Waals surface area contributed by atoms with Gasteiger partial charge in [0.2, 0.25) is 0 Å². The first kappa shape index (κ1) is 31.5. The van der Waals surface area contributed by atoms with Crippen LogP contribution in [0.3, 0.4) is 0 Å². The van der Waals surface area contributed by atoms with E-state index in [1.807, 2.05) is 0 Å². The van der Waals surface area contributed by atoms with Crippen molar-refractivity contribution in [3.63, 3.8) is 0 Å². The lowest BCUT2D eigenvalue weighted by Crippen LogP contribution is -2.34. The molecule has 0 aliphatic rings. The molecule has 0 rings (SSSR count). The third kappa shape index (κ3) is 22.8. The summed E-state index contributed by atoms with van der Waals surface area (Å²) in [5.41, 5.74) is 0. The summed E-state index contributed by atoms with van der Waals surface area (Å²) in [7, 11) is 0. The Morgan fingerprint density at radius 3 is 1.52 bits per heavy atom. The second-order valence-electron chi connectivity index (χ2n) is 7.55. The first-order valence-electron chi connectivity index (χ1n) is 12.0. The maximum absolute atomic E-state index is 10.9. The van der Waals surface area contributed by atoms with Gasteiger partial charge in [0.05, 0.1) is 0 Å². The van der Waals surface area contributed by atoms with Crippen LogP contribution in [0.25, 0.3) is 0 Å². The number of carbonyl (C=O) groups is 2. The van der Waals surface area contributed by atoms with Gasteiger partial charge in [0.25, 0.3) is 0 Å². The minimum absolute atomic E-state index is 0.269. The number of hydrogen-bond donors (Lipinski definition) is 2. The summed E-state index contributed by atoms with van der Waals surface area (Å²) < 4.78 is 9.98. The standard InChI is InChI=1S/C14H27NO2.C11H21NO2/c1-4-7-8-9-10-11-15-13(5-2)12-17-14(16)6-3;1-4-7-8-12-10(5-2)9-14-11(13)6-3/h6,13,15H,3-5,7-12H2,1-2H3;6,10,12H,3-5,7-9H2,1-2H3. The minimum atomic E-state index is -0.347. The van der Waals surface area contributed by atoms with Gasteiger partial charge < -0.3 is 20.1 Å². The van der Waals surface area contributed by atoms with Crippen molar-refractivity contribution in [2.45, 2.75) is 97.6 Å². The van der Waals surface area contributed by atoms with E-state index in [1.165, 1.54) is 50.7 Å². The van der Waals surface area contributed by atoms with Crippen molar-refractivity contribution in [1.29, 1.82) is 0 Å². The highest BCUT2D eigenvalue weighted by molar-refractivity contribution is 5.81. The number of rotatable bonds is 19. The maximum Gasteiger partial charge on any atom is 0.330 e. The molecule has 6 heteroatoms. The molecule has 2 unspecified atom stereocenters. The van der Waals surface area contributed by atoms with E-state index in [9.17, 15) is 9.59 Å². The van der Waals surface area contributed by atoms with Crippen LogP contribution in [0, 0.1) is 0 Å². The van der Waals surface area contributed by atoms with Crippen LogP contribution >= 0.6 is 0 Å². The topological polar surface area (TPSA) is 76.7 Å². The van der Waals surface area contributed by atoms with Gasteiger partial charge in [-0.3, -0.25) is 0 Å². The molecule has 2 atom stereocenters. The number of ether oxygens (including phenoxy) is 2. The summed E-state index contributed by atoms with van der Waals surface area (Å²) in [5, 5.41) is 6.75. The summed E-state index contributed by atoms with van der Waals surface area (Å²) >= 11 is 0. The summed E-state index contributed by atoms with van der Waals surface area (Å²) in [6.45, 7) is 18.1. The molecule has 0 saturated heterocycles. The monoisotopic (exact) mass is 440 g/mol. The van der Waals surface area contributed by atoms with Crippen LogP contribution in [-0.4, -0.2) is 50.3 Å². The third-order valence-corrected chi connectivity index (χ3v) is 4.85. The zero-order chi connectivity index (χ0) is 23.7. The molecule has 0 aromatic rings. The zero-order valence-electron chi connectivity index (χ0n) is 20.5. The zero-order valence-corrected chi connectivity index (χ0v) is 20.5.